The maximum Gasteiger partial charge on any atom is 0.107 e. The molecule has 0 spiro atoms. The highest BCUT2D eigenvalue weighted by atomic mass is 16.6. The van der Waals surface area contributed by atoms with Crippen LogP contribution in [0.2, 0.25) is 0 Å². The minimum atomic E-state index is -0.0436. The molecule has 0 bridgehead atoms. The highest BCUT2D eigenvalue weighted by Gasteiger charge is 2.64. The van der Waals surface area contributed by atoms with Gasteiger partial charge in [-0.05, 0) is 19.8 Å². The van der Waals surface area contributed by atoms with Crippen LogP contribution in [0.15, 0.2) is 0 Å². The first kappa shape index (κ1) is 39.9. The monoisotopic (exact) mass is 592 g/mol. The summed E-state index contributed by atoms with van der Waals surface area (Å²) in [6.45, 7) is 7.56. The van der Waals surface area contributed by atoms with Gasteiger partial charge in [-0.15, -0.1) is 0 Å². The van der Waals surface area contributed by atoms with Crippen LogP contribution in [-0.4, -0.2) is 17.7 Å². The van der Waals surface area contributed by atoms with E-state index in [0.717, 1.165) is 0 Å². The number of rotatable bonds is 35. The summed E-state index contributed by atoms with van der Waals surface area (Å²) in [5.74, 6) is 0. The Hall–Kier alpha value is -0.0800. The predicted octanol–water partition coefficient (Wildman–Crippen LogP) is 13.8. The minimum absolute atomic E-state index is 0.0436. The van der Waals surface area contributed by atoms with Crippen LogP contribution in [0.4, 0.5) is 0 Å². The molecule has 42 heavy (non-hydrogen) atoms. The smallest absolute Gasteiger partial charge is 0.107 e. The van der Waals surface area contributed by atoms with Crippen molar-refractivity contribution >= 4 is 0 Å². The third-order valence-electron chi connectivity index (χ3n) is 10.6. The first-order valence-electron chi connectivity index (χ1n) is 20.0. The molecule has 0 aromatic rings. The van der Waals surface area contributed by atoms with Gasteiger partial charge in [0.2, 0.25) is 0 Å². The lowest BCUT2D eigenvalue weighted by Gasteiger charge is -2.16. The third kappa shape index (κ3) is 20.8. The van der Waals surface area contributed by atoms with Gasteiger partial charge in [0.1, 0.15) is 5.60 Å². The molecule has 1 heterocycles. The number of epoxide rings is 1. The van der Waals surface area contributed by atoms with Crippen molar-refractivity contribution < 1.29 is 4.74 Å². The van der Waals surface area contributed by atoms with Gasteiger partial charge in [-0.25, -0.2) is 0 Å². The molecule has 0 aromatic heterocycles. The zero-order valence-electron chi connectivity index (χ0n) is 29.7. The van der Waals surface area contributed by atoms with E-state index in [1.54, 1.807) is 0 Å². The minimum Gasteiger partial charge on any atom is -0.361 e. The van der Waals surface area contributed by atoms with Gasteiger partial charge < -0.3 is 10.5 Å². The Morgan fingerprint density at radius 2 is 0.571 bits per heavy atom. The lowest BCUT2D eigenvalue weighted by atomic mass is 9.84. The van der Waals surface area contributed by atoms with Gasteiger partial charge in [-0.2, -0.15) is 0 Å². The van der Waals surface area contributed by atoms with Gasteiger partial charge >= 0.3 is 0 Å². The maximum absolute atomic E-state index is 6.36. The van der Waals surface area contributed by atoms with Crippen LogP contribution in [0.3, 0.4) is 0 Å². The van der Waals surface area contributed by atoms with Crippen molar-refractivity contribution in [3.63, 3.8) is 0 Å². The SMILES string of the molecule is CCCCCCCCCCCCCCCCCCC1(CCCCCCCCCCCCCCCCCC)OC1(C)CN. The molecule has 0 radical (unpaired) electrons. The van der Waals surface area contributed by atoms with E-state index in [1.807, 2.05) is 0 Å². The Balaban J connectivity index is 1.91. The first-order valence-corrected chi connectivity index (χ1v) is 20.0. The fourth-order valence-electron chi connectivity index (χ4n) is 7.31. The Bertz CT molecular complexity index is 512. The van der Waals surface area contributed by atoms with Crippen LogP contribution < -0.4 is 5.73 Å². The topological polar surface area (TPSA) is 38.5 Å². The summed E-state index contributed by atoms with van der Waals surface area (Å²) in [6, 6.07) is 0. The normalized spacial score (nSPS) is 17.7. The fourth-order valence-corrected chi connectivity index (χ4v) is 7.31. The molecule has 1 rings (SSSR count). The second-order valence-electron chi connectivity index (χ2n) is 14.6. The molecule has 2 heteroatoms. The van der Waals surface area contributed by atoms with Gasteiger partial charge in [-0.3, -0.25) is 0 Å². The van der Waals surface area contributed by atoms with Crippen LogP contribution in [0.25, 0.3) is 0 Å². The number of unbranched alkanes of at least 4 members (excludes halogenated alkanes) is 30. The van der Waals surface area contributed by atoms with Gasteiger partial charge in [-0.1, -0.05) is 219 Å². The van der Waals surface area contributed by atoms with E-state index in [-0.39, 0.29) is 11.2 Å². The van der Waals surface area contributed by atoms with Gasteiger partial charge in [0.15, 0.2) is 0 Å². The van der Waals surface area contributed by atoms with Crippen LogP contribution in [-0.2, 0) is 4.74 Å². The van der Waals surface area contributed by atoms with Crippen molar-refractivity contribution in [1.82, 2.24) is 0 Å². The van der Waals surface area contributed by atoms with E-state index in [4.69, 9.17) is 10.5 Å². The van der Waals surface area contributed by atoms with Crippen LogP contribution in [0, 0.1) is 0 Å². The molecular weight excluding hydrogens is 510 g/mol. The molecular formula is C40H81NO. The van der Waals surface area contributed by atoms with Crippen molar-refractivity contribution in [2.75, 3.05) is 6.54 Å². The van der Waals surface area contributed by atoms with Gasteiger partial charge in [0, 0.05) is 6.54 Å². The quantitative estimate of drug-likeness (QED) is 0.0588. The van der Waals surface area contributed by atoms with Gasteiger partial charge in [0.05, 0.1) is 5.60 Å². The van der Waals surface area contributed by atoms with Crippen molar-refractivity contribution in [2.24, 2.45) is 5.73 Å². The van der Waals surface area contributed by atoms with Crippen LogP contribution in [0.1, 0.15) is 239 Å². The summed E-state index contributed by atoms with van der Waals surface area (Å²) in [7, 11) is 0. The van der Waals surface area contributed by atoms with Crippen molar-refractivity contribution in [3.8, 4) is 0 Å². The lowest BCUT2D eigenvalue weighted by molar-refractivity contribution is 0.243. The summed E-state index contributed by atoms with van der Waals surface area (Å²) in [5.41, 5.74) is 6.20. The third-order valence-corrected chi connectivity index (χ3v) is 10.6. The zero-order chi connectivity index (χ0) is 30.5. The second-order valence-corrected chi connectivity index (χ2v) is 14.6. The molecule has 1 fully saturated rings. The molecule has 1 unspecified atom stereocenters. The zero-order valence-corrected chi connectivity index (χ0v) is 29.7. The number of ether oxygens (including phenoxy) is 1. The second kappa shape index (κ2) is 28.4. The number of hydrogen-bond acceptors (Lipinski definition) is 2. The average molecular weight is 592 g/mol. The molecule has 1 aliphatic rings. The fraction of sp³-hybridized carbons (Fsp3) is 1.00. The Labute approximate surface area is 266 Å². The van der Waals surface area contributed by atoms with E-state index in [2.05, 4.69) is 20.8 Å². The molecule has 0 aromatic carbocycles. The van der Waals surface area contributed by atoms with E-state index in [1.165, 1.54) is 218 Å². The standard InChI is InChI=1S/C40H81NO/c1-4-6-8-10-12-14-16-18-20-22-24-26-28-30-32-34-36-40(39(3,38-41)42-40)37-35-33-31-29-27-25-23-21-19-17-15-13-11-9-7-5-2/h4-38,41H2,1-3H3. The van der Waals surface area contributed by atoms with Crippen LogP contribution in [0.5, 0.6) is 0 Å². The first-order chi connectivity index (χ1) is 20.6. The maximum atomic E-state index is 6.36. The Morgan fingerprint density at radius 3 is 0.762 bits per heavy atom. The summed E-state index contributed by atoms with van der Waals surface area (Å²) in [4.78, 5) is 0. The molecule has 1 saturated heterocycles. The van der Waals surface area contributed by atoms with E-state index in [0.29, 0.717) is 6.54 Å². The average Bonchev–Trinajstić information content (AvgIpc) is 3.60. The summed E-state index contributed by atoms with van der Waals surface area (Å²) in [5, 5.41) is 0. The summed E-state index contributed by atoms with van der Waals surface area (Å²) < 4.78 is 6.36. The molecule has 0 saturated carbocycles. The van der Waals surface area contributed by atoms with Gasteiger partial charge in [0.25, 0.3) is 0 Å². The Kier molecular flexibility index (Phi) is 27.0. The molecule has 1 atom stereocenters. The molecule has 2 N–H and O–H groups in total. The number of hydrogen-bond donors (Lipinski definition) is 1. The molecule has 1 aliphatic heterocycles. The predicted molar refractivity (Wildman–Crippen MR) is 190 cm³/mol. The lowest BCUT2D eigenvalue weighted by Crippen LogP contribution is -2.31. The highest BCUT2D eigenvalue weighted by molar-refractivity contribution is 5.13. The van der Waals surface area contributed by atoms with Crippen molar-refractivity contribution in [3.05, 3.63) is 0 Å². The highest BCUT2D eigenvalue weighted by Crippen LogP contribution is 2.54. The van der Waals surface area contributed by atoms with Crippen molar-refractivity contribution in [2.45, 2.75) is 250 Å². The summed E-state index contributed by atoms with van der Waals surface area (Å²) in [6.07, 6.45) is 48.4. The summed E-state index contributed by atoms with van der Waals surface area (Å²) >= 11 is 0. The molecule has 252 valence electrons. The molecule has 0 amide bonds. The largest absolute Gasteiger partial charge is 0.361 e. The van der Waals surface area contributed by atoms with Crippen LogP contribution >= 0.6 is 0 Å². The van der Waals surface area contributed by atoms with E-state index >= 15 is 0 Å². The molecule has 0 aliphatic carbocycles. The Morgan fingerprint density at radius 1 is 0.357 bits per heavy atom. The van der Waals surface area contributed by atoms with E-state index in [9.17, 15) is 0 Å². The van der Waals surface area contributed by atoms with E-state index < -0.39 is 0 Å². The number of nitrogens with two attached hydrogens (primary N) is 1. The molecule has 2 nitrogen and oxygen atoms in total. The van der Waals surface area contributed by atoms with Crippen molar-refractivity contribution in [1.29, 1.82) is 0 Å².